The molecule has 1 aliphatic rings. The third-order valence-corrected chi connectivity index (χ3v) is 6.20. The Balaban J connectivity index is 1.76. The van der Waals surface area contributed by atoms with Crippen LogP contribution in [0.15, 0.2) is 18.3 Å². The summed E-state index contributed by atoms with van der Waals surface area (Å²) >= 11 is 1.75. The van der Waals surface area contributed by atoms with Crippen molar-refractivity contribution in [3.63, 3.8) is 0 Å². The fourth-order valence-corrected chi connectivity index (χ4v) is 4.43. The summed E-state index contributed by atoms with van der Waals surface area (Å²) in [5, 5.41) is 11.7. The number of nitrogens with one attached hydrogen (secondary N) is 1. The lowest BCUT2D eigenvalue weighted by Crippen LogP contribution is -2.26. The number of H-pyrrole nitrogens is 1. The lowest BCUT2D eigenvalue weighted by atomic mass is 10.0. The molecule has 0 saturated heterocycles. The van der Waals surface area contributed by atoms with E-state index in [1.807, 2.05) is 0 Å². The van der Waals surface area contributed by atoms with Gasteiger partial charge in [-0.05, 0) is 31.9 Å². The van der Waals surface area contributed by atoms with Gasteiger partial charge in [0.2, 0.25) is 0 Å². The largest absolute Gasteiger partial charge is 0.417 e. The minimum absolute atomic E-state index is 0.362. The van der Waals surface area contributed by atoms with Gasteiger partial charge >= 0.3 is 6.18 Å². The van der Waals surface area contributed by atoms with Crippen molar-refractivity contribution in [1.82, 2.24) is 9.97 Å². The summed E-state index contributed by atoms with van der Waals surface area (Å²) in [7, 11) is 0. The predicted octanol–water partition coefficient (Wildman–Crippen LogP) is 4.86. The second-order valence-corrected chi connectivity index (χ2v) is 7.98. The number of hydrogen-bond acceptors (Lipinski definition) is 3. The SMILES string of the molecule is CC(O)(CSC1CCCCC1)c1cc2cc(C(F)(F)F)cnc2[nH]1. The molecule has 1 aliphatic carbocycles. The van der Waals surface area contributed by atoms with Crippen LogP contribution < -0.4 is 0 Å². The molecule has 132 valence electrons. The van der Waals surface area contributed by atoms with E-state index in [2.05, 4.69) is 9.97 Å². The van der Waals surface area contributed by atoms with Crippen LogP contribution >= 0.6 is 11.8 Å². The van der Waals surface area contributed by atoms with Gasteiger partial charge in [-0.3, -0.25) is 0 Å². The molecule has 2 N–H and O–H groups in total. The molecule has 1 atom stereocenters. The van der Waals surface area contributed by atoms with Crippen molar-refractivity contribution in [2.24, 2.45) is 0 Å². The van der Waals surface area contributed by atoms with E-state index in [1.165, 1.54) is 32.1 Å². The molecule has 0 amide bonds. The molecule has 3 rings (SSSR count). The van der Waals surface area contributed by atoms with Crippen LogP contribution in [0.4, 0.5) is 13.2 Å². The summed E-state index contributed by atoms with van der Waals surface area (Å²) < 4.78 is 38.3. The van der Waals surface area contributed by atoms with E-state index in [1.54, 1.807) is 24.8 Å². The first-order valence-corrected chi connectivity index (χ1v) is 9.21. The molecule has 0 spiro atoms. The molecule has 0 aliphatic heterocycles. The monoisotopic (exact) mass is 358 g/mol. The number of aliphatic hydroxyl groups is 1. The van der Waals surface area contributed by atoms with Crippen LogP contribution in [0.1, 0.15) is 50.3 Å². The van der Waals surface area contributed by atoms with Crippen molar-refractivity contribution in [3.8, 4) is 0 Å². The Kier molecular flexibility index (Phi) is 4.84. The summed E-state index contributed by atoms with van der Waals surface area (Å²) in [6, 6.07) is 2.63. The molecule has 2 aromatic heterocycles. The van der Waals surface area contributed by atoms with E-state index in [0.29, 0.717) is 27.7 Å². The fraction of sp³-hybridized carbons (Fsp3) is 0.588. The molecule has 2 heterocycles. The topological polar surface area (TPSA) is 48.9 Å². The maximum absolute atomic E-state index is 12.8. The molecular formula is C17H21F3N2OS. The smallest absolute Gasteiger partial charge is 0.383 e. The van der Waals surface area contributed by atoms with Crippen molar-refractivity contribution in [1.29, 1.82) is 0 Å². The number of halogens is 3. The number of aromatic amines is 1. The second-order valence-electron chi connectivity index (χ2n) is 6.69. The molecule has 7 heteroatoms. The number of hydrogen-bond donors (Lipinski definition) is 2. The van der Waals surface area contributed by atoms with E-state index >= 15 is 0 Å². The molecular weight excluding hydrogens is 337 g/mol. The maximum atomic E-state index is 12.8. The number of rotatable bonds is 4. The zero-order chi connectivity index (χ0) is 17.4. The highest BCUT2D eigenvalue weighted by atomic mass is 32.2. The average Bonchev–Trinajstić information content (AvgIpc) is 2.97. The Morgan fingerprint density at radius 3 is 2.62 bits per heavy atom. The molecule has 1 saturated carbocycles. The van der Waals surface area contributed by atoms with Crippen molar-refractivity contribution in [3.05, 3.63) is 29.6 Å². The van der Waals surface area contributed by atoms with Gasteiger partial charge in [-0.1, -0.05) is 19.3 Å². The number of nitrogens with zero attached hydrogens (tertiary/aromatic N) is 1. The van der Waals surface area contributed by atoms with Gasteiger partial charge in [-0.25, -0.2) is 4.98 Å². The highest BCUT2D eigenvalue weighted by Crippen LogP contribution is 2.35. The van der Waals surface area contributed by atoms with Gasteiger partial charge in [-0.15, -0.1) is 0 Å². The van der Waals surface area contributed by atoms with Gasteiger partial charge in [0.05, 0.1) is 5.56 Å². The summed E-state index contributed by atoms with van der Waals surface area (Å²) in [6.45, 7) is 1.69. The lowest BCUT2D eigenvalue weighted by Gasteiger charge is -2.27. The lowest BCUT2D eigenvalue weighted by molar-refractivity contribution is -0.137. The number of thioether (sulfide) groups is 1. The Morgan fingerprint density at radius 2 is 1.96 bits per heavy atom. The molecule has 0 radical (unpaired) electrons. The summed E-state index contributed by atoms with van der Waals surface area (Å²) in [5.74, 6) is 0.511. The molecule has 1 fully saturated rings. The first-order valence-electron chi connectivity index (χ1n) is 8.16. The van der Waals surface area contributed by atoms with E-state index in [9.17, 15) is 18.3 Å². The van der Waals surface area contributed by atoms with Crippen LogP contribution in [0.2, 0.25) is 0 Å². The Hall–Kier alpha value is -1.21. The molecule has 0 bridgehead atoms. The van der Waals surface area contributed by atoms with Crippen LogP contribution in [-0.2, 0) is 11.8 Å². The van der Waals surface area contributed by atoms with Crippen LogP contribution in [0, 0.1) is 0 Å². The van der Waals surface area contributed by atoms with Crippen LogP contribution in [0.3, 0.4) is 0 Å². The van der Waals surface area contributed by atoms with Crippen LogP contribution in [0.25, 0.3) is 11.0 Å². The summed E-state index contributed by atoms with van der Waals surface area (Å²) in [6.07, 6.45) is 2.48. The van der Waals surface area contributed by atoms with Gasteiger partial charge in [0.15, 0.2) is 0 Å². The third kappa shape index (κ3) is 3.88. The molecule has 1 unspecified atom stereocenters. The van der Waals surface area contributed by atoms with E-state index in [4.69, 9.17) is 0 Å². The Morgan fingerprint density at radius 1 is 1.25 bits per heavy atom. The second kappa shape index (κ2) is 6.59. The van der Waals surface area contributed by atoms with Gasteiger partial charge in [-0.2, -0.15) is 24.9 Å². The van der Waals surface area contributed by atoms with Gasteiger partial charge in [0.25, 0.3) is 0 Å². The fourth-order valence-electron chi connectivity index (χ4n) is 3.05. The van der Waals surface area contributed by atoms with Crippen molar-refractivity contribution >= 4 is 22.8 Å². The highest BCUT2D eigenvalue weighted by Gasteiger charge is 2.32. The molecule has 3 nitrogen and oxygen atoms in total. The summed E-state index contributed by atoms with van der Waals surface area (Å²) in [5.41, 5.74) is -1.04. The zero-order valence-corrected chi connectivity index (χ0v) is 14.3. The van der Waals surface area contributed by atoms with Gasteiger partial charge < -0.3 is 10.1 Å². The number of aromatic nitrogens is 2. The molecule has 2 aromatic rings. The first-order chi connectivity index (χ1) is 11.3. The third-order valence-electron chi connectivity index (χ3n) is 4.53. The van der Waals surface area contributed by atoms with Crippen molar-refractivity contribution < 1.29 is 18.3 Å². The minimum atomic E-state index is -4.42. The number of fused-ring (bicyclic) bond motifs is 1. The summed E-state index contributed by atoms with van der Waals surface area (Å²) in [4.78, 5) is 6.80. The average molecular weight is 358 g/mol. The van der Waals surface area contributed by atoms with Crippen LogP contribution in [0.5, 0.6) is 0 Å². The maximum Gasteiger partial charge on any atom is 0.417 e. The normalized spacial score (nSPS) is 19.5. The first kappa shape index (κ1) is 17.6. The Labute approximate surface area is 143 Å². The highest BCUT2D eigenvalue weighted by molar-refractivity contribution is 7.99. The Bertz CT molecular complexity index is 705. The molecule has 24 heavy (non-hydrogen) atoms. The van der Waals surface area contributed by atoms with E-state index < -0.39 is 17.3 Å². The number of pyridine rings is 1. The van der Waals surface area contributed by atoms with Crippen molar-refractivity contribution in [2.75, 3.05) is 5.75 Å². The number of alkyl halides is 3. The van der Waals surface area contributed by atoms with E-state index in [-0.39, 0.29) is 0 Å². The predicted molar refractivity (Wildman–Crippen MR) is 90.0 cm³/mol. The zero-order valence-electron chi connectivity index (χ0n) is 13.5. The van der Waals surface area contributed by atoms with Gasteiger partial charge in [0, 0.05) is 28.3 Å². The van der Waals surface area contributed by atoms with Crippen molar-refractivity contribution in [2.45, 2.75) is 56.1 Å². The quantitative estimate of drug-likeness (QED) is 0.821. The standard InChI is InChI=1S/C17H21F3N2OS/c1-16(23,10-24-13-5-3-2-4-6-13)14-8-11-7-12(17(18,19)20)9-21-15(11)22-14/h7-9,13,23H,2-6,10H2,1H3,(H,21,22). The van der Waals surface area contributed by atoms with Gasteiger partial charge in [0.1, 0.15) is 11.2 Å². The van der Waals surface area contributed by atoms with Crippen LogP contribution in [-0.4, -0.2) is 26.1 Å². The van der Waals surface area contributed by atoms with E-state index in [0.717, 1.165) is 12.3 Å². The minimum Gasteiger partial charge on any atom is -0.383 e. The molecule has 0 aromatic carbocycles.